The summed E-state index contributed by atoms with van der Waals surface area (Å²) in [4.78, 5) is 0. The maximum Gasteiger partial charge on any atom is 0.0722 e. The molecule has 0 aliphatic heterocycles. The normalized spacial score (nSPS) is 13.2. The Balaban J connectivity index is 2.41. The van der Waals surface area contributed by atoms with Gasteiger partial charge in [0.25, 0.3) is 0 Å². The van der Waals surface area contributed by atoms with Gasteiger partial charge in [0, 0.05) is 30.9 Å². The molecule has 1 heterocycles. The van der Waals surface area contributed by atoms with Crippen LogP contribution in [0.15, 0.2) is 30.5 Å². The zero-order chi connectivity index (χ0) is 10.8. The minimum atomic E-state index is 0.210. The highest BCUT2D eigenvalue weighted by Crippen LogP contribution is 2.22. The fourth-order valence-corrected chi connectivity index (χ4v) is 1.76. The summed E-state index contributed by atoms with van der Waals surface area (Å²) in [5, 5.41) is 1.11. The van der Waals surface area contributed by atoms with Gasteiger partial charge in [-0.3, -0.25) is 0 Å². The van der Waals surface area contributed by atoms with Gasteiger partial charge < -0.3 is 15.0 Å². The second kappa shape index (κ2) is 3.95. The number of aromatic nitrogens is 1. The van der Waals surface area contributed by atoms with Crippen molar-refractivity contribution in [3.8, 4) is 0 Å². The standard InChI is InChI=1S/C12H16N2O/c1-9(15-2)8-14-7-6-10-11(13)4-3-5-12(10)14/h3-7,9H,8,13H2,1-2H3. The molecular formula is C12H16N2O. The molecule has 3 heteroatoms. The molecule has 2 N–H and O–H groups in total. The first-order valence-corrected chi connectivity index (χ1v) is 5.08. The van der Waals surface area contributed by atoms with E-state index in [9.17, 15) is 0 Å². The predicted octanol–water partition coefficient (Wildman–Crippen LogP) is 2.26. The van der Waals surface area contributed by atoms with Gasteiger partial charge in [-0.05, 0) is 25.1 Å². The summed E-state index contributed by atoms with van der Waals surface area (Å²) in [5.74, 6) is 0. The van der Waals surface area contributed by atoms with Crippen LogP contribution in [-0.4, -0.2) is 17.8 Å². The maximum absolute atomic E-state index is 5.89. The van der Waals surface area contributed by atoms with Gasteiger partial charge in [-0.15, -0.1) is 0 Å². The molecule has 1 unspecified atom stereocenters. The van der Waals surface area contributed by atoms with Gasteiger partial charge in [0.2, 0.25) is 0 Å². The molecule has 1 atom stereocenters. The Morgan fingerprint density at radius 3 is 2.93 bits per heavy atom. The molecule has 0 bridgehead atoms. The molecule has 0 aliphatic carbocycles. The summed E-state index contributed by atoms with van der Waals surface area (Å²) in [6.45, 7) is 2.90. The lowest BCUT2D eigenvalue weighted by Crippen LogP contribution is -2.13. The molecular weight excluding hydrogens is 188 g/mol. The third-order valence-electron chi connectivity index (χ3n) is 2.70. The number of nitrogens with two attached hydrogens (primary N) is 1. The Morgan fingerprint density at radius 2 is 2.20 bits per heavy atom. The fourth-order valence-electron chi connectivity index (χ4n) is 1.76. The van der Waals surface area contributed by atoms with Gasteiger partial charge in [-0.2, -0.15) is 0 Å². The Morgan fingerprint density at radius 1 is 1.40 bits per heavy atom. The second-order valence-electron chi connectivity index (χ2n) is 3.79. The van der Waals surface area contributed by atoms with E-state index < -0.39 is 0 Å². The zero-order valence-corrected chi connectivity index (χ0v) is 9.10. The van der Waals surface area contributed by atoms with Crippen LogP contribution in [0.5, 0.6) is 0 Å². The number of nitrogen functional groups attached to an aromatic ring is 1. The second-order valence-corrected chi connectivity index (χ2v) is 3.79. The Kier molecular flexibility index (Phi) is 2.64. The summed E-state index contributed by atoms with van der Waals surface area (Å²) in [6.07, 6.45) is 2.26. The van der Waals surface area contributed by atoms with Gasteiger partial charge in [-0.1, -0.05) is 6.07 Å². The Bertz CT molecular complexity index is 462. The fraction of sp³-hybridized carbons (Fsp3) is 0.333. The number of rotatable bonds is 3. The summed E-state index contributed by atoms with van der Waals surface area (Å²) in [5.41, 5.74) is 7.88. The average molecular weight is 204 g/mol. The summed E-state index contributed by atoms with van der Waals surface area (Å²) < 4.78 is 7.42. The number of hydrogen-bond acceptors (Lipinski definition) is 2. The van der Waals surface area contributed by atoms with Crippen molar-refractivity contribution in [3.05, 3.63) is 30.5 Å². The largest absolute Gasteiger partial charge is 0.398 e. The highest BCUT2D eigenvalue weighted by molar-refractivity contribution is 5.91. The topological polar surface area (TPSA) is 40.2 Å². The van der Waals surface area contributed by atoms with Crippen molar-refractivity contribution in [2.24, 2.45) is 0 Å². The van der Waals surface area contributed by atoms with Crippen LogP contribution in [0.4, 0.5) is 5.69 Å². The van der Waals surface area contributed by atoms with E-state index in [1.165, 1.54) is 5.52 Å². The van der Waals surface area contributed by atoms with Crippen molar-refractivity contribution in [2.75, 3.05) is 12.8 Å². The van der Waals surface area contributed by atoms with E-state index in [4.69, 9.17) is 10.5 Å². The highest BCUT2D eigenvalue weighted by Gasteiger charge is 2.06. The number of benzene rings is 1. The smallest absolute Gasteiger partial charge is 0.0722 e. The molecule has 15 heavy (non-hydrogen) atoms. The first kappa shape index (κ1) is 10.1. The minimum absolute atomic E-state index is 0.210. The van der Waals surface area contributed by atoms with Crippen LogP contribution in [0.1, 0.15) is 6.92 Å². The molecule has 0 fully saturated rings. The van der Waals surface area contributed by atoms with E-state index in [2.05, 4.69) is 23.8 Å². The third kappa shape index (κ3) is 1.83. The van der Waals surface area contributed by atoms with E-state index in [0.717, 1.165) is 17.6 Å². The summed E-state index contributed by atoms with van der Waals surface area (Å²) >= 11 is 0. The molecule has 0 radical (unpaired) electrons. The maximum atomic E-state index is 5.89. The Labute approximate surface area is 89.4 Å². The van der Waals surface area contributed by atoms with Gasteiger partial charge in [0.15, 0.2) is 0 Å². The quantitative estimate of drug-likeness (QED) is 0.779. The zero-order valence-electron chi connectivity index (χ0n) is 9.10. The summed E-state index contributed by atoms with van der Waals surface area (Å²) in [7, 11) is 1.73. The molecule has 0 saturated heterocycles. The lowest BCUT2D eigenvalue weighted by molar-refractivity contribution is 0.104. The highest BCUT2D eigenvalue weighted by atomic mass is 16.5. The van der Waals surface area contributed by atoms with Crippen molar-refractivity contribution in [3.63, 3.8) is 0 Å². The van der Waals surface area contributed by atoms with Crippen molar-refractivity contribution in [1.29, 1.82) is 0 Å². The minimum Gasteiger partial charge on any atom is -0.398 e. The van der Waals surface area contributed by atoms with E-state index in [1.807, 2.05) is 18.2 Å². The summed E-state index contributed by atoms with van der Waals surface area (Å²) in [6, 6.07) is 8.03. The number of hydrogen-bond donors (Lipinski definition) is 1. The van der Waals surface area contributed by atoms with Crippen LogP contribution >= 0.6 is 0 Å². The van der Waals surface area contributed by atoms with Gasteiger partial charge in [-0.25, -0.2) is 0 Å². The van der Waals surface area contributed by atoms with E-state index in [-0.39, 0.29) is 6.10 Å². The number of fused-ring (bicyclic) bond motifs is 1. The van der Waals surface area contributed by atoms with Crippen LogP contribution in [0.25, 0.3) is 10.9 Å². The van der Waals surface area contributed by atoms with Gasteiger partial charge in [0.1, 0.15) is 0 Å². The SMILES string of the molecule is COC(C)Cn1ccc2c(N)cccc21. The van der Waals surface area contributed by atoms with E-state index >= 15 is 0 Å². The first-order valence-electron chi connectivity index (χ1n) is 5.08. The van der Waals surface area contributed by atoms with Gasteiger partial charge >= 0.3 is 0 Å². The van der Waals surface area contributed by atoms with E-state index in [0.29, 0.717) is 0 Å². The van der Waals surface area contributed by atoms with Crippen molar-refractivity contribution in [1.82, 2.24) is 4.57 Å². The average Bonchev–Trinajstić information content (AvgIpc) is 2.63. The van der Waals surface area contributed by atoms with Gasteiger partial charge in [0.05, 0.1) is 11.6 Å². The molecule has 2 aromatic rings. The molecule has 0 aliphatic rings. The number of ether oxygens (including phenoxy) is 1. The molecule has 3 nitrogen and oxygen atoms in total. The Hall–Kier alpha value is -1.48. The molecule has 2 rings (SSSR count). The molecule has 1 aromatic heterocycles. The van der Waals surface area contributed by atoms with Crippen molar-refractivity contribution < 1.29 is 4.74 Å². The van der Waals surface area contributed by atoms with Crippen molar-refractivity contribution in [2.45, 2.75) is 19.6 Å². The van der Waals surface area contributed by atoms with Crippen LogP contribution in [0, 0.1) is 0 Å². The van der Waals surface area contributed by atoms with E-state index in [1.54, 1.807) is 7.11 Å². The lowest BCUT2D eigenvalue weighted by atomic mass is 10.2. The molecule has 0 saturated carbocycles. The predicted molar refractivity (Wildman–Crippen MR) is 62.8 cm³/mol. The first-order chi connectivity index (χ1) is 7.22. The monoisotopic (exact) mass is 204 g/mol. The number of anilines is 1. The third-order valence-corrected chi connectivity index (χ3v) is 2.70. The molecule has 0 spiro atoms. The van der Waals surface area contributed by atoms with Crippen LogP contribution in [-0.2, 0) is 11.3 Å². The molecule has 0 amide bonds. The molecule has 1 aromatic carbocycles. The lowest BCUT2D eigenvalue weighted by Gasteiger charge is -2.11. The van der Waals surface area contributed by atoms with Crippen molar-refractivity contribution >= 4 is 16.6 Å². The number of methoxy groups -OCH3 is 1. The molecule has 80 valence electrons. The van der Waals surface area contributed by atoms with Crippen LogP contribution in [0.3, 0.4) is 0 Å². The van der Waals surface area contributed by atoms with Crippen LogP contribution < -0.4 is 5.73 Å². The number of nitrogens with zero attached hydrogens (tertiary/aromatic N) is 1. The van der Waals surface area contributed by atoms with Crippen LogP contribution in [0.2, 0.25) is 0 Å².